The molecule has 0 atom stereocenters. The van der Waals surface area contributed by atoms with E-state index in [0.29, 0.717) is 0 Å². The van der Waals surface area contributed by atoms with E-state index in [0.717, 1.165) is 0 Å². The van der Waals surface area contributed by atoms with E-state index in [1.807, 2.05) is 0 Å². The fraction of sp³-hybridized carbons (Fsp3) is 0. The number of nitrogens with one attached hydrogen (secondary N) is 3. The Morgan fingerprint density at radius 2 is 1.09 bits per heavy atom. The molecule has 0 heterocycles. The van der Waals surface area contributed by atoms with Crippen LogP contribution in [0.15, 0.2) is 0 Å². The van der Waals surface area contributed by atoms with Gasteiger partial charge in [-0.25, -0.2) is 10.3 Å². The molecule has 0 spiro atoms. The molecule has 0 unspecified atom stereocenters. The van der Waals surface area contributed by atoms with Crippen molar-refractivity contribution in [3.8, 4) is 0 Å². The molecule has 0 saturated heterocycles. The van der Waals surface area contributed by atoms with Crippen molar-refractivity contribution in [1.29, 1.82) is 0 Å². The van der Waals surface area contributed by atoms with Gasteiger partial charge in [0.2, 0.25) is 0 Å². The summed E-state index contributed by atoms with van der Waals surface area (Å²) in [6.07, 6.45) is 0. The van der Waals surface area contributed by atoms with E-state index in [4.69, 9.17) is 0 Å². The molecule has 9 nitrogen and oxygen atoms in total. The van der Waals surface area contributed by atoms with Crippen molar-refractivity contribution in [3.63, 3.8) is 0 Å². The summed E-state index contributed by atoms with van der Waals surface area (Å²) in [7, 11) is -7.98. The number of hydrogen-bond donors (Lipinski definition) is 5. The van der Waals surface area contributed by atoms with Gasteiger partial charge in [0.05, 0.1) is 0 Å². The molecule has 0 aliphatic carbocycles. The fourth-order valence-corrected chi connectivity index (χ4v) is 0.614. The minimum absolute atomic E-state index is 1.41. The molecule has 0 radical (unpaired) electrons. The van der Waals surface area contributed by atoms with Gasteiger partial charge in [-0.15, -0.1) is 9.66 Å². The Morgan fingerprint density at radius 3 is 1.27 bits per heavy atom. The van der Waals surface area contributed by atoms with E-state index < -0.39 is 20.4 Å². The molecule has 0 rings (SSSR count). The Morgan fingerprint density at radius 1 is 0.818 bits per heavy atom. The molecule has 0 aromatic heterocycles. The zero-order valence-corrected chi connectivity index (χ0v) is 6.74. The van der Waals surface area contributed by atoms with E-state index in [-0.39, 0.29) is 0 Å². The molecule has 11 heavy (non-hydrogen) atoms. The average molecular weight is 205 g/mol. The average Bonchev–Trinajstić information content (AvgIpc) is 1.55. The molecule has 68 valence electrons. The Kier molecular flexibility index (Phi) is 3.30. The second-order valence-corrected chi connectivity index (χ2v) is 4.01. The Hall–Kier alpha value is -0.300. The maximum absolute atomic E-state index is 10.0. The van der Waals surface area contributed by atoms with Crippen LogP contribution in [0.1, 0.15) is 0 Å². The smallest absolute Gasteiger partial charge is 0.215 e. The van der Waals surface area contributed by atoms with Gasteiger partial charge in [-0.05, 0) is 0 Å². The SMILES string of the molecule is NS(=O)(=O)NNNS(N)(=O)=O. The molecule has 0 bridgehead atoms. The maximum Gasteiger partial charge on any atom is 0.288 e. The second kappa shape index (κ2) is 3.40. The molecule has 7 N–H and O–H groups in total. The van der Waals surface area contributed by atoms with Crippen molar-refractivity contribution < 1.29 is 16.8 Å². The molecule has 0 amide bonds. The summed E-state index contributed by atoms with van der Waals surface area (Å²) in [5.74, 6) is 0. The van der Waals surface area contributed by atoms with Crippen molar-refractivity contribution >= 4 is 20.4 Å². The van der Waals surface area contributed by atoms with Crippen molar-refractivity contribution in [2.45, 2.75) is 0 Å². The third kappa shape index (κ3) is 9.70. The minimum atomic E-state index is -3.99. The van der Waals surface area contributed by atoms with Crippen molar-refractivity contribution in [1.82, 2.24) is 15.2 Å². The predicted octanol–water partition coefficient (Wildman–Crippen LogP) is -4.01. The van der Waals surface area contributed by atoms with Crippen LogP contribution < -0.4 is 25.5 Å². The molecular weight excluding hydrogens is 198 g/mol. The minimum Gasteiger partial charge on any atom is -0.215 e. The van der Waals surface area contributed by atoms with Crippen molar-refractivity contribution in [2.24, 2.45) is 10.3 Å². The highest BCUT2D eigenvalue weighted by Gasteiger charge is 2.02. The molecule has 0 fully saturated rings. The predicted molar refractivity (Wildman–Crippen MR) is 35.6 cm³/mol. The first-order valence-corrected chi connectivity index (χ1v) is 5.14. The summed E-state index contributed by atoms with van der Waals surface area (Å²) in [6, 6.07) is 0. The second-order valence-electron chi connectivity index (χ2n) is 1.42. The summed E-state index contributed by atoms with van der Waals surface area (Å²) in [5.41, 5.74) is 1.54. The topological polar surface area (TPSA) is 156 Å². The first-order valence-electron chi connectivity index (χ1n) is 2.05. The summed E-state index contributed by atoms with van der Waals surface area (Å²) < 4.78 is 40.2. The molecule has 0 aliphatic rings. The van der Waals surface area contributed by atoms with Gasteiger partial charge < -0.3 is 0 Å². The van der Waals surface area contributed by atoms with E-state index in [9.17, 15) is 16.8 Å². The van der Waals surface area contributed by atoms with Crippen molar-refractivity contribution in [2.75, 3.05) is 0 Å². The van der Waals surface area contributed by atoms with Gasteiger partial charge >= 0.3 is 0 Å². The lowest BCUT2D eigenvalue weighted by Crippen LogP contribution is -2.52. The summed E-state index contributed by atoms with van der Waals surface area (Å²) in [6.45, 7) is 0. The molecule has 0 aromatic carbocycles. The normalized spacial score (nSPS) is 13.3. The monoisotopic (exact) mass is 205 g/mol. The van der Waals surface area contributed by atoms with Gasteiger partial charge in [-0.2, -0.15) is 22.4 Å². The van der Waals surface area contributed by atoms with Crippen LogP contribution in [0.4, 0.5) is 0 Å². The van der Waals surface area contributed by atoms with Crippen LogP contribution >= 0.6 is 0 Å². The van der Waals surface area contributed by atoms with E-state index >= 15 is 0 Å². The van der Waals surface area contributed by atoms with Gasteiger partial charge in [0, 0.05) is 0 Å². The first-order chi connectivity index (χ1) is 4.71. The van der Waals surface area contributed by atoms with Crippen LogP contribution in [-0.4, -0.2) is 16.8 Å². The molecule has 0 aliphatic heterocycles. The Labute approximate surface area is 63.4 Å². The lowest BCUT2D eigenvalue weighted by Gasteiger charge is -2.02. The third-order valence-electron chi connectivity index (χ3n) is 0.387. The molecular formula is H7N5O4S2. The van der Waals surface area contributed by atoms with Gasteiger partial charge in [0.25, 0.3) is 20.4 Å². The largest absolute Gasteiger partial charge is 0.288 e. The highest BCUT2D eigenvalue weighted by molar-refractivity contribution is 7.87. The van der Waals surface area contributed by atoms with E-state index in [1.165, 1.54) is 15.2 Å². The quantitative estimate of drug-likeness (QED) is 0.295. The van der Waals surface area contributed by atoms with Crippen molar-refractivity contribution in [3.05, 3.63) is 0 Å². The van der Waals surface area contributed by atoms with Crippen LogP contribution in [0.25, 0.3) is 0 Å². The zero-order chi connectivity index (χ0) is 9.12. The highest BCUT2D eigenvalue weighted by Crippen LogP contribution is 1.60. The van der Waals surface area contributed by atoms with Gasteiger partial charge in [0.15, 0.2) is 0 Å². The molecule has 11 heteroatoms. The lowest BCUT2D eigenvalue weighted by molar-refractivity contribution is 0.528. The Balaban J connectivity index is 3.79. The first kappa shape index (κ1) is 10.7. The standard InChI is InChI=1S/H7N5O4S2/c1-10(6,7)4-3-5-11(2,8)9/h3-5H,(H2,1,6,7)(H2,2,8,9). The van der Waals surface area contributed by atoms with Gasteiger partial charge in [0.1, 0.15) is 0 Å². The van der Waals surface area contributed by atoms with Crippen LogP contribution in [-0.2, 0) is 20.4 Å². The van der Waals surface area contributed by atoms with Gasteiger partial charge in [-0.1, -0.05) is 0 Å². The Bertz CT molecular complexity index is 265. The van der Waals surface area contributed by atoms with Crippen LogP contribution in [0.5, 0.6) is 0 Å². The van der Waals surface area contributed by atoms with Crippen LogP contribution in [0.3, 0.4) is 0 Å². The fourth-order valence-electron chi connectivity index (χ4n) is 0.163. The lowest BCUT2D eigenvalue weighted by atomic mass is 12.6. The number of nitrogens with two attached hydrogens (primary N) is 2. The van der Waals surface area contributed by atoms with Crippen LogP contribution in [0.2, 0.25) is 0 Å². The summed E-state index contributed by atoms with van der Waals surface area (Å²) in [4.78, 5) is 2.82. The zero-order valence-electron chi connectivity index (χ0n) is 5.10. The van der Waals surface area contributed by atoms with E-state index in [2.05, 4.69) is 10.3 Å². The summed E-state index contributed by atoms with van der Waals surface area (Å²) in [5, 5.41) is 8.78. The number of rotatable bonds is 4. The maximum atomic E-state index is 10.0. The summed E-state index contributed by atoms with van der Waals surface area (Å²) >= 11 is 0. The highest BCUT2D eigenvalue weighted by atomic mass is 32.2. The molecule has 0 aromatic rings. The number of hydrogen-bond acceptors (Lipinski definition) is 5. The van der Waals surface area contributed by atoms with Crippen LogP contribution in [0, 0.1) is 0 Å². The van der Waals surface area contributed by atoms with Gasteiger partial charge in [-0.3, -0.25) is 0 Å². The third-order valence-corrected chi connectivity index (χ3v) is 1.16. The van der Waals surface area contributed by atoms with E-state index in [1.54, 1.807) is 0 Å². The molecule has 0 saturated carbocycles. The number of hydrazine groups is 2.